The summed E-state index contributed by atoms with van der Waals surface area (Å²) in [7, 11) is 1.57. The van der Waals surface area contributed by atoms with Gasteiger partial charge in [-0.05, 0) is 19.1 Å². The lowest BCUT2D eigenvalue weighted by atomic mass is 10.2. The highest BCUT2D eigenvalue weighted by Crippen LogP contribution is 2.24. The van der Waals surface area contributed by atoms with E-state index < -0.39 is 11.6 Å². The van der Waals surface area contributed by atoms with Gasteiger partial charge in [-0.3, -0.25) is 0 Å². The van der Waals surface area contributed by atoms with E-state index in [4.69, 9.17) is 5.26 Å². The maximum Gasteiger partial charge on any atom is 0.150 e. The van der Waals surface area contributed by atoms with Crippen LogP contribution in [0.15, 0.2) is 24.3 Å². The molecule has 4 heteroatoms. The molecule has 1 rings (SSSR count). The minimum Gasteiger partial charge on any atom is -0.366 e. The van der Waals surface area contributed by atoms with E-state index >= 15 is 0 Å². The molecule has 0 spiro atoms. The third kappa shape index (κ3) is 2.57. The third-order valence-electron chi connectivity index (χ3n) is 2.03. The standard InChI is InChI=1S/C12H12F2N2/c1-8(2)7-16(3)12-10(13)4-9(6-15)5-11(12)14/h4-5H,1,7H2,2-3H3. The summed E-state index contributed by atoms with van der Waals surface area (Å²) in [5.74, 6) is -1.47. The van der Waals surface area contributed by atoms with Gasteiger partial charge in [0, 0.05) is 13.6 Å². The average Bonchev–Trinajstić information content (AvgIpc) is 2.15. The number of anilines is 1. The average molecular weight is 222 g/mol. The van der Waals surface area contributed by atoms with Crippen LogP contribution in [0.25, 0.3) is 0 Å². The van der Waals surface area contributed by atoms with Crippen molar-refractivity contribution in [2.45, 2.75) is 6.92 Å². The molecule has 1 aromatic carbocycles. The normalized spacial score (nSPS) is 9.69. The van der Waals surface area contributed by atoms with Gasteiger partial charge in [0.25, 0.3) is 0 Å². The summed E-state index contributed by atoms with van der Waals surface area (Å²) < 4.78 is 27.1. The SMILES string of the molecule is C=C(C)CN(C)c1c(F)cc(C#N)cc1F. The molecule has 0 aliphatic carbocycles. The first kappa shape index (κ1) is 12.2. The highest BCUT2D eigenvalue weighted by molar-refractivity contribution is 5.52. The van der Waals surface area contributed by atoms with Crippen LogP contribution in [0, 0.1) is 23.0 Å². The molecular formula is C12H12F2N2. The lowest BCUT2D eigenvalue weighted by molar-refractivity contribution is 0.578. The number of halogens is 2. The van der Waals surface area contributed by atoms with Gasteiger partial charge < -0.3 is 4.90 Å². The molecular weight excluding hydrogens is 210 g/mol. The van der Waals surface area contributed by atoms with Crippen LogP contribution < -0.4 is 4.90 Å². The van der Waals surface area contributed by atoms with Crippen molar-refractivity contribution in [2.75, 3.05) is 18.5 Å². The van der Waals surface area contributed by atoms with Crippen molar-refractivity contribution in [2.24, 2.45) is 0 Å². The zero-order valence-corrected chi connectivity index (χ0v) is 9.22. The van der Waals surface area contributed by atoms with Crippen molar-refractivity contribution in [1.82, 2.24) is 0 Å². The van der Waals surface area contributed by atoms with E-state index in [0.717, 1.165) is 17.7 Å². The second kappa shape index (κ2) is 4.75. The van der Waals surface area contributed by atoms with E-state index in [1.165, 1.54) is 4.90 Å². The van der Waals surface area contributed by atoms with Gasteiger partial charge in [-0.2, -0.15) is 5.26 Å². The molecule has 0 unspecified atom stereocenters. The number of likely N-dealkylation sites (N-methyl/N-ethyl adjacent to an activating group) is 1. The van der Waals surface area contributed by atoms with E-state index in [9.17, 15) is 8.78 Å². The summed E-state index contributed by atoms with van der Waals surface area (Å²) in [5.41, 5.74) is 0.634. The minimum absolute atomic E-state index is 0.0255. The lowest BCUT2D eigenvalue weighted by Crippen LogP contribution is -2.21. The van der Waals surface area contributed by atoms with Crippen LogP contribution in [0.4, 0.5) is 14.5 Å². The molecule has 0 fully saturated rings. The van der Waals surface area contributed by atoms with Gasteiger partial charge in [0.1, 0.15) is 5.69 Å². The molecule has 0 aromatic heterocycles. The van der Waals surface area contributed by atoms with Crippen molar-refractivity contribution in [3.63, 3.8) is 0 Å². The van der Waals surface area contributed by atoms with Crippen LogP contribution in [0.3, 0.4) is 0 Å². The molecule has 0 saturated carbocycles. The van der Waals surface area contributed by atoms with Gasteiger partial charge in [0.05, 0.1) is 11.6 Å². The number of benzene rings is 1. The predicted molar refractivity (Wildman–Crippen MR) is 59.2 cm³/mol. The van der Waals surface area contributed by atoms with Crippen molar-refractivity contribution >= 4 is 5.69 Å². The lowest BCUT2D eigenvalue weighted by Gasteiger charge is -2.20. The zero-order valence-electron chi connectivity index (χ0n) is 9.22. The molecule has 0 heterocycles. The monoisotopic (exact) mass is 222 g/mol. The fraction of sp³-hybridized carbons (Fsp3) is 0.250. The van der Waals surface area contributed by atoms with Gasteiger partial charge in [0.2, 0.25) is 0 Å². The molecule has 1 aromatic rings. The van der Waals surface area contributed by atoms with Gasteiger partial charge in [0.15, 0.2) is 11.6 Å². The van der Waals surface area contributed by atoms with Gasteiger partial charge in [-0.1, -0.05) is 12.2 Å². The quantitative estimate of drug-likeness (QED) is 0.735. The summed E-state index contributed by atoms with van der Waals surface area (Å²) >= 11 is 0. The van der Waals surface area contributed by atoms with Crippen molar-refractivity contribution in [1.29, 1.82) is 5.26 Å². The van der Waals surface area contributed by atoms with Crippen LogP contribution >= 0.6 is 0 Å². The molecule has 0 aliphatic rings. The molecule has 0 aliphatic heterocycles. The Hall–Kier alpha value is -1.89. The van der Waals surface area contributed by atoms with Crippen molar-refractivity contribution in [3.8, 4) is 6.07 Å². The molecule has 0 radical (unpaired) electrons. The molecule has 0 saturated heterocycles. The first-order chi connectivity index (χ1) is 7.45. The highest BCUT2D eigenvalue weighted by Gasteiger charge is 2.15. The number of hydrogen-bond donors (Lipinski definition) is 0. The molecule has 2 nitrogen and oxygen atoms in total. The topological polar surface area (TPSA) is 27.0 Å². The van der Waals surface area contributed by atoms with E-state index in [1.807, 2.05) is 0 Å². The van der Waals surface area contributed by atoms with Crippen LogP contribution in [-0.2, 0) is 0 Å². The number of hydrogen-bond acceptors (Lipinski definition) is 2. The molecule has 0 atom stereocenters. The first-order valence-corrected chi connectivity index (χ1v) is 4.70. The maximum absolute atomic E-state index is 13.5. The van der Waals surface area contributed by atoms with Crippen LogP contribution in [0.1, 0.15) is 12.5 Å². The Balaban J connectivity index is 3.15. The van der Waals surface area contributed by atoms with Crippen molar-refractivity contribution < 1.29 is 8.78 Å². The highest BCUT2D eigenvalue weighted by atomic mass is 19.1. The Morgan fingerprint density at radius 3 is 2.31 bits per heavy atom. The Bertz CT molecular complexity index is 438. The van der Waals surface area contributed by atoms with E-state index in [0.29, 0.717) is 6.54 Å². The smallest absolute Gasteiger partial charge is 0.150 e. The van der Waals surface area contributed by atoms with Crippen LogP contribution in [-0.4, -0.2) is 13.6 Å². The Kier molecular flexibility index (Phi) is 3.62. The molecule has 84 valence electrons. The number of rotatable bonds is 3. The van der Waals surface area contributed by atoms with Crippen LogP contribution in [0.2, 0.25) is 0 Å². The number of nitriles is 1. The van der Waals surface area contributed by atoms with Crippen LogP contribution in [0.5, 0.6) is 0 Å². The molecule has 0 N–H and O–H groups in total. The fourth-order valence-electron chi connectivity index (χ4n) is 1.48. The Morgan fingerprint density at radius 2 is 1.94 bits per heavy atom. The maximum atomic E-state index is 13.5. The summed E-state index contributed by atoms with van der Waals surface area (Å²) in [6.07, 6.45) is 0. The van der Waals surface area contributed by atoms with Gasteiger partial charge in [-0.15, -0.1) is 0 Å². The summed E-state index contributed by atoms with van der Waals surface area (Å²) in [5, 5.41) is 8.55. The third-order valence-corrected chi connectivity index (χ3v) is 2.03. The van der Waals surface area contributed by atoms with Gasteiger partial charge in [-0.25, -0.2) is 8.78 Å². The van der Waals surface area contributed by atoms with Crippen molar-refractivity contribution in [3.05, 3.63) is 41.5 Å². The Labute approximate surface area is 93.4 Å². The fourth-order valence-corrected chi connectivity index (χ4v) is 1.48. The molecule has 16 heavy (non-hydrogen) atoms. The second-order valence-electron chi connectivity index (χ2n) is 3.71. The summed E-state index contributed by atoms with van der Waals surface area (Å²) in [6, 6.07) is 3.74. The summed E-state index contributed by atoms with van der Waals surface area (Å²) in [6.45, 7) is 5.81. The van der Waals surface area contributed by atoms with E-state index in [1.54, 1.807) is 20.0 Å². The van der Waals surface area contributed by atoms with Gasteiger partial charge >= 0.3 is 0 Å². The van der Waals surface area contributed by atoms with E-state index in [-0.39, 0.29) is 11.3 Å². The predicted octanol–water partition coefficient (Wildman–Crippen LogP) is 2.85. The Morgan fingerprint density at radius 1 is 1.44 bits per heavy atom. The molecule has 0 amide bonds. The number of nitrogens with zero attached hydrogens (tertiary/aromatic N) is 2. The molecule has 0 bridgehead atoms. The summed E-state index contributed by atoms with van der Waals surface area (Å²) in [4.78, 5) is 1.42. The largest absolute Gasteiger partial charge is 0.366 e. The first-order valence-electron chi connectivity index (χ1n) is 4.70. The minimum atomic E-state index is -0.736. The second-order valence-corrected chi connectivity index (χ2v) is 3.71. The van der Waals surface area contributed by atoms with E-state index in [2.05, 4.69) is 6.58 Å². The zero-order chi connectivity index (χ0) is 12.3.